The van der Waals surface area contributed by atoms with Gasteiger partial charge in [0.1, 0.15) is 0 Å². The molecule has 3 heteroatoms. The number of hydrogen-bond donors (Lipinski definition) is 1. The molecule has 1 heterocycles. The van der Waals surface area contributed by atoms with Crippen LogP contribution in [0.4, 0.5) is 0 Å². The molecule has 2 unspecified atom stereocenters. The highest BCUT2D eigenvalue weighted by molar-refractivity contribution is 9.10. The molecule has 1 aromatic rings. The second-order valence-corrected chi connectivity index (χ2v) is 6.75. The molecular weight excluding hydrogens is 300 g/mol. The van der Waals surface area contributed by atoms with Crippen molar-refractivity contribution in [2.24, 2.45) is 5.92 Å². The van der Waals surface area contributed by atoms with Crippen molar-refractivity contribution < 1.29 is 0 Å². The van der Waals surface area contributed by atoms with E-state index in [9.17, 15) is 0 Å². The van der Waals surface area contributed by atoms with Crippen LogP contribution >= 0.6 is 15.9 Å². The van der Waals surface area contributed by atoms with Crippen molar-refractivity contribution in [2.75, 3.05) is 26.7 Å². The molecule has 1 aromatic carbocycles. The second kappa shape index (κ2) is 7.41. The highest BCUT2D eigenvalue weighted by Crippen LogP contribution is 2.16. The first-order valence-electron chi connectivity index (χ1n) is 7.30. The summed E-state index contributed by atoms with van der Waals surface area (Å²) in [4.78, 5) is 2.51. The Hall–Kier alpha value is -0.380. The largest absolute Gasteiger partial charge is 0.316 e. The van der Waals surface area contributed by atoms with Gasteiger partial charge in [0.25, 0.3) is 0 Å². The summed E-state index contributed by atoms with van der Waals surface area (Å²) in [6, 6.07) is 9.30. The third-order valence-electron chi connectivity index (χ3n) is 4.14. The van der Waals surface area contributed by atoms with Crippen LogP contribution in [0.3, 0.4) is 0 Å². The number of halogens is 1. The Morgan fingerprint density at radius 3 is 2.74 bits per heavy atom. The van der Waals surface area contributed by atoms with Crippen LogP contribution in [0.2, 0.25) is 0 Å². The molecule has 1 N–H and O–H groups in total. The maximum atomic E-state index is 3.50. The molecule has 19 heavy (non-hydrogen) atoms. The monoisotopic (exact) mass is 324 g/mol. The zero-order chi connectivity index (χ0) is 13.7. The predicted molar refractivity (Wildman–Crippen MR) is 85.5 cm³/mol. The minimum Gasteiger partial charge on any atom is -0.316 e. The number of piperidine rings is 1. The van der Waals surface area contributed by atoms with E-state index in [4.69, 9.17) is 0 Å². The molecule has 2 rings (SSSR count). The van der Waals surface area contributed by atoms with E-state index in [2.05, 4.69) is 64.4 Å². The summed E-state index contributed by atoms with van der Waals surface area (Å²) in [6.45, 7) is 5.94. The Morgan fingerprint density at radius 1 is 1.37 bits per heavy atom. The van der Waals surface area contributed by atoms with Gasteiger partial charge in [-0.05, 0) is 69.9 Å². The fourth-order valence-electron chi connectivity index (χ4n) is 2.78. The fourth-order valence-corrected chi connectivity index (χ4v) is 3.05. The molecule has 0 aliphatic carbocycles. The van der Waals surface area contributed by atoms with Crippen molar-refractivity contribution in [1.29, 1.82) is 0 Å². The van der Waals surface area contributed by atoms with Gasteiger partial charge in [-0.2, -0.15) is 0 Å². The molecular formula is C16H25BrN2. The number of nitrogens with one attached hydrogen (secondary N) is 1. The molecule has 0 saturated carbocycles. The Kier molecular flexibility index (Phi) is 5.86. The average molecular weight is 325 g/mol. The first-order valence-corrected chi connectivity index (χ1v) is 8.10. The topological polar surface area (TPSA) is 15.3 Å². The van der Waals surface area contributed by atoms with Gasteiger partial charge in [-0.1, -0.05) is 28.1 Å². The SMILES string of the molecule is CC(Cc1ccc(Br)cc1)N(C)CC1CCCNC1. The quantitative estimate of drug-likeness (QED) is 0.893. The number of benzene rings is 1. The van der Waals surface area contributed by atoms with Crippen LogP contribution < -0.4 is 5.32 Å². The summed E-state index contributed by atoms with van der Waals surface area (Å²) in [7, 11) is 2.26. The van der Waals surface area contributed by atoms with Gasteiger partial charge in [-0.25, -0.2) is 0 Å². The van der Waals surface area contributed by atoms with Crippen LogP contribution in [0.25, 0.3) is 0 Å². The fraction of sp³-hybridized carbons (Fsp3) is 0.625. The van der Waals surface area contributed by atoms with E-state index in [-0.39, 0.29) is 0 Å². The van der Waals surface area contributed by atoms with Crippen LogP contribution in [0.15, 0.2) is 28.7 Å². The molecule has 1 aliphatic rings. The zero-order valence-corrected chi connectivity index (χ0v) is 13.6. The molecule has 2 atom stereocenters. The molecule has 106 valence electrons. The van der Waals surface area contributed by atoms with E-state index < -0.39 is 0 Å². The van der Waals surface area contributed by atoms with Gasteiger partial charge in [0.15, 0.2) is 0 Å². The smallest absolute Gasteiger partial charge is 0.0175 e. The molecule has 0 aromatic heterocycles. The molecule has 0 spiro atoms. The first-order chi connectivity index (χ1) is 9.15. The molecule has 1 aliphatic heterocycles. The normalized spacial score (nSPS) is 21.6. The van der Waals surface area contributed by atoms with E-state index in [1.807, 2.05) is 0 Å². The van der Waals surface area contributed by atoms with Crippen LogP contribution in [0, 0.1) is 5.92 Å². The van der Waals surface area contributed by atoms with E-state index >= 15 is 0 Å². The summed E-state index contributed by atoms with van der Waals surface area (Å²) in [5, 5.41) is 3.50. The van der Waals surface area contributed by atoms with Crippen molar-refractivity contribution in [3.05, 3.63) is 34.3 Å². The molecule has 1 saturated heterocycles. The summed E-state index contributed by atoms with van der Waals surface area (Å²) in [5.74, 6) is 0.825. The summed E-state index contributed by atoms with van der Waals surface area (Å²) in [6.07, 6.45) is 3.84. The minimum atomic E-state index is 0.600. The Balaban J connectivity index is 1.81. The van der Waals surface area contributed by atoms with Gasteiger partial charge in [0.05, 0.1) is 0 Å². The van der Waals surface area contributed by atoms with Crippen LogP contribution in [-0.2, 0) is 6.42 Å². The maximum Gasteiger partial charge on any atom is 0.0175 e. The lowest BCUT2D eigenvalue weighted by Crippen LogP contribution is -2.40. The third-order valence-corrected chi connectivity index (χ3v) is 4.67. The van der Waals surface area contributed by atoms with E-state index in [0.717, 1.165) is 16.8 Å². The van der Waals surface area contributed by atoms with Crippen LogP contribution in [0.1, 0.15) is 25.3 Å². The van der Waals surface area contributed by atoms with Crippen molar-refractivity contribution in [2.45, 2.75) is 32.2 Å². The third kappa shape index (κ3) is 4.90. The lowest BCUT2D eigenvalue weighted by Gasteiger charge is -2.31. The van der Waals surface area contributed by atoms with Gasteiger partial charge in [-0.3, -0.25) is 0 Å². The highest BCUT2D eigenvalue weighted by atomic mass is 79.9. The van der Waals surface area contributed by atoms with E-state index in [0.29, 0.717) is 6.04 Å². The average Bonchev–Trinajstić information content (AvgIpc) is 2.42. The molecule has 1 fully saturated rings. The molecule has 0 bridgehead atoms. The van der Waals surface area contributed by atoms with Crippen LogP contribution in [-0.4, -0.2) is 37.6 Å². The minimum absolute atomic E-state index is 0.600. The van der Waals surface area contributed by atoms with Crippen molar-refractivity contribution in [1.82, 2.24) is 10.2 Å². The van der Waals surface area contributed by atoms with Crippen molar-refractivity contribution in [3.8, 4) is 0 Å². The number of rotatable bonds is 5. The molecule has 0 radical (unpaired) electrons. The van der Waals surface area contributed by atoms with E-state index in [1.54, 1.807) is 0 Å². The first kappa shape index (κ1) is 15.0. The Bertz CT molecular complexity index is 371. The lowest BCUT2D eigenvalue weighted by atomic mass is 9.98. The highest BCUT2D eigenvalue weighted by Gasteiger charge is 2.18. The standard InChI is InChI=1S/C16H25BrN2/c1-13(10-14-5-7-16(17)8-6-14)19(2)12-15-4-3-9-18-11-15/h5-8,13,15,18H,3-4,9-12H2,1-2H3. The van der Waals surface area contributed by atoms with Gasteiger partial charge in [-0.15, -0.1) is 0 Å². The van der Waals surface area contributed by atoms with Gasteiger partial charge in [0.2, 0.25) is 0 Å². The zero-order valence-electron chi connectivity index (χ0n) is 12.0. The van der Waals surface area contributed by atoms with Crippen LogP contribution in [0.5, 0.6) is 0 Å². The van der Waals surface area contributed by atoms with Gasteiger partial charge in [0, 0.05) is 17.1 Å². The van der Waals surface area contributed by atoms with Crippen molar-refractivity contribution in [3.63, 3.8) is 0 Å². The Morgan fingerprint density at radius 2 is 2.11 bits per heavy atom. The summed E-state index contributed by atoms with van der Waals surface area (Å²) >= 11 is 3.49. The predicted octanol–water partition coefficient (Wildman–Crippen LogP) is 3.31. The second-order valence-electron chi connectivity index (χ2n) is 5.83. The van der Waals surface area contributed by atoms with Gasteiger partial charge < -0.3 is 10.2 Å². The van der Waals surface area contributed by atoms with E-state index in [1.165, 1.54) is 38.0 Å². The number of hydrogen-bond acceptors (Lipinski definition) is 2. The summed E-state index contributed by atoms with van der Waals surface area (Å²) in [5.41, 5.74) is 1.42. The number of nitrogens with zero attached hydrogens (tertiary/aromatic N) is 1. The van der Waals surface area contributed by atoms with Crippen molar-refractivity contribution >= 4 is 15.9 Å². The lowest BCUT2D eigenvalue weighted by molar-refractivity contribution is 0.197. The Labute approximate surface area is 125 Å². The maximum absolute atomic E-state index is 3.50. The molecule has 0 amide bonds. The summed E-state index contributed by atoms with van der Waals surface area (Å²) < 4.78 is 1.16. The number of likely N-dealkylation sites (N-methyl/N-ethyl adjacent to an activating group) is 1. The molecule has 2 nitrogen and oxygen atoms in total. The van der Waals surface area contributed by atoms with Gasteiger partial charge >= 0.3 is 0 Å².